The Bertz CT molecular complexity index is 351. The monoisotopic (exact) mass is 338 g/mol. The summed E-state index contributed by atoms with van der Waals surface area (Å²) in [4.78, 5) is 11.6. The van der Waals surface area contributed by atoms with E-state index in [0.29, 0.717) is 0 Å². The number of esters is 1. The number of rotatable bonds is 14. The van der Waals surface area contributed by atoms with E-state index in [1.54, 1.807) is 6.92 Å². The normalized spacial score (nSPS) is 24.0. The molecule has 1 aliphatic rings. The van der Waals surface area contributed by atoms with Crippen molar-refractivity contribution in [2.45, 2.75) is 110 Å². The van der Waals surface area contributed by atoms with Gasteiger partial charge in [0.1, 0.15) is 12.2 Å². The van der Waals surface area contributed by atoms with Gasteiger partial charge in [0, 0.05) is 0 Å². The minimum Gasteiger partial charge on any atom is -0.460 e. The molecule has 1 saturated heterocycles. The summed E-state index contributed by atoms with van der Waals surface area (Å²) < 4.78 is 5.06. The molecule has 0 saturated carbocycles. The highest BCUT2D eigenvalue weighted by Crippen LogP contribution is 2.26. The molecule has 0 bridgehead atoms. The molecular weight excluding hydrogens is 300 g/mol. The van der Waals surface area contributed by atoms with Crippen molar-refractivity contribution in [3.05, 3.63) is 12.2 Å². The maximum atomic E-state index is 11.6. The number of carbonyl (C=O) groups is 1. The lowest BCUT2D eigenvalue weighted by molar-refractivity contribution is -0.143. The SMILES string of the molecule is CCCCCCCC/C=C\CCCCCC[C@@H]1C(=O)O[C@@H](C)[C@H]1O. The van der Waals surface area contributed by atoms with E-state index in [1.807, 2.05) is 0 Å². The first-order chi connectivity index (χ1) is 11.7. The lowest BCUT2D eigenvalue weighted by Crippen LogP contribution is -2.24. The zero-order valence-corrected chi connectivity index (χ0v) is 15.8. The van der Waals surface area contributed by atoms with E-state index in [-0.39, 0.29) is 18.0 Å². The molecule has 0 unspecified atom stereocenters. The van der Waals surface area contributed by atoms with Crippen LogP contribution in [0.25, 0.3) is 0 Å². The first-order valence-electron chi connectivity index (χ1n) is 10.2. The Morgan fingerprint density at radius 3 is 2.00 bits per heavy atom. The smallest absolute Gasteiger partial charge is 0.312 e. The van der Waals surface area contributed by atoms with Gasteiger partial charge in [0.25, 0.3) is 0 Å². The quantitative estimate of drug-likeness (QED) is 0.256. The van der Waals surface area contributed by atoms with Crippen molar-refractivity contribution in [3.8, 4) is 0 Å². The standard InChI is InChI=1S/C21H38O3/c1-3-4-5-6-7-8-9-10-11-12-13-14-15-16-17-19-20(22)18(2)24-21(19)23/h10-11,18-20,22H,3-9,12-17H2,1-2H3/b11-10-/t18-,19-,20+/m0/s1. The predicted molar refractivity (Wildman–Crippen MR) is 99.9 cm³/mol. The maximum Gasteiger partial charge on any atom is 0.312 e. The minimum absolute atomic E-state index is 0.215. The fraction of sp³-hybridized carbons (Fsp3) is 0.857. The van der Waals surface area contributed by atoms with Crippen molar-refractivity contribution in [1.29, 1.82) is 0 Å². The Hall–Kier alpha value is -0.830. The highest BCUT2D eigenvalue weighted by atomic mass is 16.6. The molecule has 24 heavy (non-hydrogen) atoms. The second-order valence-corrected chi connectivity index (χ2v) is 7.26. The molecule has 1 N–H and O–H groups in total. The van der Waals surface area contributed by atoms with Gasteiger partial charge >= 0.3 is 5.97 Å². The lowest BCUT2D eigenvalue weighted by atomic mass is 9.95. The van der Waals surface area contributed by atoms with Crippen LogP contribution in [-0.4, -0.2) is 23.3 Å². The number of carbonyl (C=O) groups excluding carboxylic acids is 1. The van der Waals surface area contributed by atoms with Crippen LogP contribution in [0, 0.1) is 5.92 Å². The highest BCUT2D eigenvalue weighted by Gasteiger charge is 2.40. The van der Waals surface area contributed by atoms with Gasteiger partial charge in [0.2, 0.25) is 0 Å². The van der Waals surface area contributed by atoms with Crippen molar-refractivity contribution in [2.75, 3.05) is 0 Å². The molecule has 0 amide bonds. The van der Waals surface area contributed by atoms with Gasteiger partial charge < -0.3 is 9.84 Å². The molecule has 0 spiro atoms. The van der Waals surface area contributed by atoms with Crippen LogP contribution in [0.5, 0.6) is 0 Å². The van der Waals surface area contributed by atoms with Gasteiger partial charge in [-0.3, -0.25) is 4.79 Å². The van der Waals surface area contributed by atoms with Gasteiger partial charge in [-0.25, -0.2) is 0 Å². The van der Waals surface area contributed by atoms with Crippen LogP contribution in [0.3, 0.4) is 0 Å². The van der Waals surface area contributed by atoms with Gasteiger partial charge in [0.05, 0.1) is 5.92 Å². The van der Waals surface area contributed by atoms with E-state index in [0.717, 1.165) is 19.3 Å². The third kappa shape index (κ3) is 8.86. The summed E-state index contributed by atoms with van der Waals surface area (Å²) in [6.45, 7) is 4.02. The van der Waals surface area contributed by atoms with E-state index >= 15 is 0 Å². The number of aliphatic hydroxyl groups excluding tert-OH is 1. The predicted octanol–water partition coefficient (Wildman–Crippen LogP) is 5.56. The Morgan fingerprint density at radius 1 is 0.917 bits per heavy atom. The van der Waals surface area contributed by atoms with Gasteiger partial charge in [-0.2, -0.15) is 0 Å². The van der Waals surface area contributed by atoms with Crippen molar-refractivity contribution in [1.82, 2.24) is 0 Å². The topological polar surface area (TPSA) is 46.5 Å². The number of ether oxygens (including phenoxy) is 1. The number of hydrogen-bond donors (Lipinski definition) is 1. The number of cyclic esters (lactones) is 1. The fourth-order valence-corrected chi connectivity index (χ4v) is 3.35. The van der Waals surface area contributed by atoms with Crippen LogP contribution in [0.15, 0.2) is 12.2 Å². The molecule has 0 radical (unpaired) electrons. The molecule has 0 aromatic heterocycles. The summed E-state index contributed by atoms with van der Waals surface area (Å²) in [5, 5.41) is 9.88. The van der Waals surface area contributed by atoms with Gasteiger partial charge in [-0.1, -0.05) is 70.4 Å². The van der Waals surface area contributed by atoms with Crippen LogP contribution < -0.4 is 0 Å². The van der Waals surface area contributed by atoms with Crippen molar-refractivity contribution < 1.29 is 14.6 Å². The van der Waals surface area contributed by atoms with E-state index in [4.69, 9.17) is 4.74 Å². The summed E-state index contributed by atoms with van der Waals surface area (Å²) in [5.41, 5.74) is 0. The molecule has 1 rings (SSSR count). The Kier molecular flexibility index (Phi) is 11.9. The van der Waals surface area contributed by atoms with Crippen LogP contribution >= 0.6 is 0 Å². The molecule has 0 aliphatic carbocycles. The molecule has 1 fully saturated rings. The Morgan fingerprint density at radius 2 is 1.46 bits per heavy atom. The minimum atomic E-state index is -0.609. The van der Waals surface area contributed by atoms with Crippen LogP contribution in [0.4, 0.5) is 0 Å². The fourth-order valence-electron chi connectivity index (χ4n) is 3.35. The summed E-state index contributed by atoms with van der Waals surface area (Å²) >= 11 is 0. The zero-order chi connectivity index (χ0) is 17.6. The van der Waals surface area contributed by atoms with E-state index < -0.39 is 6.10 Å². The number of unbranched alkanes of at least 4 members (excludes halogenated alkanes) is 10. The zero-order valence-electron chi connectivity index (χ0n) is 15.8. The van der Waals surface area contributed by atoms with E-state index in [1.165, 1.54) is 64.2 Å². The molecule has 140 valence electrons. The second-order valence-electron chi connectivity index (χ2n) is 7.26. The second kappa shape index (κ2) is 13.5. The van der Waals surface area contributed by atoms with E-state index in [2.05, 4.69) is 19.1 Å². The van der Waals surface area contributed by atoms with Crippen LogP contribution in [0.1, 0.15) is 97.3 Å². The number of allylic oxidation sites excluding steroid dienone is 2. The third-order valence-corrected chi connectivity index (χ3v) is 5.02. The first kappa shape index (κ1) is 21.2. The maximum absolute atomic E-state index is 11.6. The number of aliphatic hydroxyl groups is 1. The average molecular weight is 339 g/mol. The van der Waals surface area contributed by atoms with Crippen molar-refractivity contribution in [2.24, 2.45) is 5.92 Å². The molecule has 1 aliphatic heterocycles. The molecule has 0 aromatic rings. The first-order valence-corrected chi connectivity index (χ1v) is 10.2. The Balaban J connectivity index is 1.87. The van der Waals surface area contributed by atoms with Crippen LogP contribution in [0.2, 0.25) is 0 Å². The average Bonchev–Trinajstić information content (AvgIpc) is 2.81. The van der Waals surface area contributed by atoms with Gasteiger partial charge in [0.15, 0.2) is 0 Å². The molecular formula is C21H38O3. The lowest BCUT2D eigenvalue weighted by Gasteiger charge is -2.11. The van der Waals surface area contributed by atoms with Gasteiger partial charge in [-0.05, 0) is 39.0 Å². The number of hydrogen-bond acceptors (Lipinski definition) is 3. The summed E-state index contributed by atoms with van der Waals surface area (Å²) in [5.74, 6) is -0.509. The molecule has 0 aromatic carbocycles. The van der Waals surface area contributed by atoms with Crippen LogP contribution in [-0.2, 0) is 9.53 Å². The molecule has 1 heterocycles. The van der Waals surface area contributed by atoms with E-state index in [9.17, 15) is 9.90 Å². The molecule has 3 nitrogen and oxygen atoms in total. The summed E-state index contributed by atoms with van der Waals surface area (Å²) in [7, 11) is 0. The summed E-state index contributed by atoms with van der Waals surface area (Å²) in [6.07, 6.45) is 19.6. The largest absolute Gasteiger partial charge is 0.460 e. The highest BCUT2D eigenvalue weighted by molar-refractivity contribution is 5.75. The van der Waals surface area contributed by atoms with Crippen molar-refractivity contribution in [3.63, 3.8) is 0 Å². The summed E-state index contributed by atoms with van der Waals surface area (Å²) in [6, 6.07) is 0. The molecule has 3 heteroatoms. The van der Waals surface area contributed by atoms with Crippen molar-refractivity contribution >= 4 is 5.97 Å². The Labute approximate surface area is 148 Å². The third-order valence-electron chi connectivity index (χ3n) is 5.02. The van der Waals surface area contributed by atoms with Gasteiger partial charge in [-0.15, -0.1) is 0 Å². The molecule has 3 atom stereocenters.